The molecule has 0 radical (unpaired) electrons. The van der Waals surface area contributed by atoms with Crippen LogP contribution in [-0.4, -0.2) is 42.0 Å². The second-order valence-electron chi connectivity index (χ2n) is 2.95. The predicted octanol–water partition coefficient (Wildman–Crippen LogP) is -0.271. The average Bonchev–Trinajstić information content (AvgIpc) is 2.02. The fourth-order valence-corrected chi connectivity index (χ4v) is 1.11. The third-order valence-electron chi connectivity index (χ3n) is 1.80. The van der Waals surface area contributed by atoms with Crippen molar-refractivity contribution in [1.82, 2.24) is 10.2 Å². The summed E-state index contributed by atoms with van der Waals surface area (Å²) in [6.07, 6.45) is 0. The van der Waals surface area contributed by atoms with Crippen molar-refractivity contribution in [3.63, 3.8) is 0 Å². The zero-order valence-electron chi connectivity index (χ0n) is 8.33. The smallest absolute Gasteiger partial charge is 0.237 e. The van der Waals surface area contributed by atoms with Gasteiger partial charge in [-0.1, -0.05) is 12.2 Å². The Morgan fingerprint density at radius 3 is 2.62 bits per heavy atom. The molecule has 0 saturated carbocycles. The zero-order valence-corrected chi connectivity index (χ0v) is 9.15. The lowest BCUT2D eigenvalue weighted by Crippen LogP contribution is -2.45. The van der Waals surface area contributed by atoms with Gasteiger partial charge in [0, 0.05) is 13.1 Å². The summed E-state index contributed by atoms with van der Waals surface area (Å²) < 4.78 is 0. The third-order valence-corrected chi connectivity index (χ3v) is 1.93. The fraction of sp³-hybridized carbons (Fsp3) is 0.750. The maximum absolute atomic E-state index is 11.3. The first kappa shape index (κ1) is 12.3. The number of nitrogens with zero attached hydrogens (tertiary/aromatic N) is 1. The number of rotatable bonds is 5. The van der Waals surface area contributed by atoms with E-state index in [0.717, 1.165) is 0 Å². The van der Waals surface area contributed by atoms with Gasteiger partial charge in [-0.2, -0.15) is 0 Å². The number of carbonyl (C=O) groups excluding carboxylic acids is 1. The molecule has 0 heterocycles. The Kier molecular flexibility index (Phi) is 5.57. The normalized spacial score (nSPS) is 12.6. The summed E-state index contributed by atoms with van der Waals surface area (Å²) in [7, 11) is 1.82. The first-order valence-electron chi connectivity index (χ1n) is 4.25. The molecule has 1 atom stereocenters. The maximum Gasteiger partial charge on any atom is 0.237 e. The van der Waals surface area contributed by atoms with Gasteiger partial charge in [-0.3, -0.25) is 9.69 Å². The largest absolute Gasteiger partial charge is 0.392 e. The van der Waals surface area contributed by atoms with Crippen LogP contribution in [0.2, 0.25) is 0 Å². The molecule has 76 valence electrons. The molecule has 5 heteroatoms. The highest BCUT2D eigenvalue weighted by atomic mass is 32.1. The highest BCUT2D eigenvalue weighted by molar-refractivity contribution is 7.80. The molecule has 1 unspecified atom stereocenters. The van der Waals surface area contributed by atoms with Crippen LogP contribution in [0.25, 0.3) is 0 Å². The molecule has 0 saturated heterocycles. The predicted molar refractivity (Wildman–Crippen MR) is 57.6 cm³/mol. The molecule has 0 aliphatic rings. The van der Waals surface area contributed by atoms with Gasteiger partial charge < -0.3 is 11.1 Å². The van der Waals surface area contributed by atoms with Gasteiger partial charge in [0.05, 0.1) is 11.0 Å². The van der Waals surface area contributed by atoms with Crippen LogP contribution in [0.15, 0.2) is 0 Å². The van der Waals surface area contributed by atoms with E-state index in [-0.39, 0.29) is 11.9 Å². The maximum atomic E-state index is 11.3. The molecule has 0 aliphatic heterocycles. The summed E-state index contributed by atoms with van der Waals surface area (Å²) >= 11 is 4.75. The fourth-order valence-electron chi connectivity index (χ4n) is 0.905. The molecule has 0 aromatic carbocycles. The summed E-state index contributed by atoms with van der Waals surface area (Å²) in [4.78, 5) is 13.5. The van der Waals surface area contributed by atoms with Crippen molar-refractivity contribution in [2.45, 2.75) is 19.9 Å². The highest BCUT2D eigenvalue weighted by Gasteiger charge is 2.16. The highest BCUT2D eigenvalue weighted by Crippen LogP contribution is 1.94. The van der Waals surface area contributed by atoms with Gasteiger partial charge in [-0.25, -0.2) is 0 Å². The van der Waals surface area contributed by atoms with Crippen molar-refractivity contribution in [3.8, 4) is 0 Å². The van der Waals surface area contributed by atoms with Gasteiger partial charge in [0.15, 0.2) is 0 Å². The average molecular weight is 203 g/mol. The number of hydrogen-bond donors (Lipinski definition) is 2. The van der Waals surface area contributed by atoms with Crippen LogP contribution in [0, 0.1) is 0 Å². The summed E-state index contributed by atoms with van der Waals surface area (Å²) in [5.74, 6) is 0.00116. The number of carbonyl (C=O) groups is 1. The first-order chi connectivity index (χ1) is 5.99. The molecule has 13 heavy (non-hydrogen) atoms. The van der Waals surface area contributed by atoms with Gasteiger partial charge in [0.1, 0.15) is 0 Å². The van der Waals surface area contributed by atoms with E-state index in [1.165, 1.54) is 0 Å². The number of nitrogens with two attached hydrogens (primary N) is 1. The third kappa shape index (κ3) is 4.80. The van der Waals surface area contributed by atoms with Gasteiger partial charge in [0.2, 0.25) is 5.91 Å². The number of nitrogens with one attached hydrogen (secondary N) is 1. The number of likely N-dealkylation sites (N-methyl/N-ethyl adjacent to an activating group) is 2. The van der Waals surface area contributed by atoms with Crippen LogP contribution < -0.4 is 11.1 Å². The van der Waals surface area contributed by atoms with E-state index in [1.807, 2.05) is 25.8 Å². The van der Waals surface area contributed by atoms with E-state index in [0.29, 0.717) is 18.1 Å². The minimum atomic E-state index is -0.193. The summed E-state index contributed by atoms with van der Waals surface area (Å²) in [5, 5.41) is 2.73. The SMILES string of the molecule is CCNC(=O)C(C)N(C)CC(N)=S. The molecule has 0 spiro atoms. The lowest BCUT2D eigenvalue weighted by atomic mass is 10.3. The number of thiocarbonyl (C=S) groups is 1. The van der Waals surface area contributed by atoms with Crippen LogP contribution in [0.4, 0.5) is 0 Å². The molecular formula is C8H17N3OS. The number of amides is 1. The molecule has 0 aromatic heterocycles. The zero-order chi connectivity index (χ0) is 10.4. The van der Waals surface area contributed by atoms with E-state index in [4.69, 9.17) is 18.0 Å². The molecule has 3 N–H and O–H groups in total. The van der Waals surface area contributed by atoms with E-state index >= 15 is 0 Å². The topological polar surface area (TPSA) is 58.4 Å². The van der Waals surface area contributed by atoms with Crippen LogP contribution in [0.1, 0.15) is 13.8 Å². The summed E-state index contributed by atoms with van der Waals surface area (Å²) in [6, 6.07) is -0.193. The van der Waals surface area contributed by atoms with Gasteiger partial charge in [-0.05, 0) is 20.9 Å². The Bertz CT molecular complexity index is 196. The minimum absolute atomic E-state index is 0.00116. The second kappa shape index (κ2) is 5.88. The summed E-state index contributed by atoms with van der Waals surface area (Å²) in [5.41, 5.74) is 5.36. The Morgan fingerprint density at radius 2 is 2.23 bits per heavy atom. The van der Waals surface area contributed by atoms with Crippen molar-refractivity contribution in [2.24, 2.45) is 5.73 Å². The standard InChI is InChI=1S/C8H17N3OS/c1-4-10-8(12)6(2)11(3)5-7(9)13/h6H,4-5H2,1-3H3,(H2,9,13)(H,10,12). The first-order valence-corrected chi connectivity index (χ1v) is 4.66. The van der Waals surface area contributed by atoms with Gasteiger partial charge in [0.25, 0.3) is 0 Å². The second-order valence-corrected chi connectivity index (χ2v) is 3.48. The Labute approximate surface area is 84.5 Å². The van der Waals surface area contributed by atoms with Crippen molar-refractivity contribution in [1.29, 1.82) is 0 Å². The molecule has 0 aliphatic carbocycles. The van der Waals surface area contributed by atoms with Crippen molar-refractivity contribution in [3.05, 3.63) is 0 Å². The molecule has 0 bridgehead atoms. The lowest BCUT2D eigenvalue weighted by Gasteiger charge is -2.22. The van der Waals surface area contributed by atoms with Crippen molar-refractivity contribution < 1.29 is 4.79 Å². The van der Waals surface area contributed by atoms with Crippen LogP contribution in [0.3, 0.4) is 0 Å². The number of hydrogen-bond acceptors (Lipinski definition) is 3. The van der Waals surface area contributed by atoms with Gasteiger partial charge in [-0.15, -0.1) is 0 Å². The lowest BCUT2D eigenvalue weighted by molar-refractivity contribution is -0.125. The van der Waals surface area contributed by atoms with E-state index < -0.39 is 0 Å². The Morgan fingerprint density at radius 1 is 1.69 bits per heavy atom. The van der Waals surface area contributed by atoms with Crippen molar-refractivity contribution >= 4 is 23.1 Å². The molecule has 4 nitrogen and oxygen atoms in total. The minimum Gasteiger partial charge on any atom is -0.392 e. The van der Waals surface area contributed by atoms with Crippen molar-refractivity contribution in [2.75, 3.05) is 20.1 Å². The van der Waals surface area contributed by atoms with Crippen LogP contribution in [-0.2, 0) is 4.79 Å². The molecule has 0 rings (SSSR count). The molecule has 1 amide bonds. The van der Waals surface area contributed by atoms with E-state index in [2.05, 4.69) is 5.32 Å². The molecular weight excluding hydrogens is 186 g/mol. The molecule has 0 fully saturated rings. The van der Waals surface area contributed by atoms with E-state index in [9.17, 15) is 4.79 Å². The quantitative estimate of drug-likeness (QED) is 0.604. The molecule has 0 aromatic rings. The van der Waals surface area contributed by atoms with Gasteiger partial charge >= 0.3 is 0 Å². The Balaban J connectivity index is 4.00. The van der Waals surface area contributed by atoms with Crippen LogP contribution in [0.5, 0.6) is 0 Å². The Hall–Kier alpha value is -0.680. The van der Waals surface area contributed by atoms with E-state index in [1.54, 1.807) is 0 Å². The monoisotopic (exact) mass is 203 g/mol. The van der Waals surface area contributed by atoms with Crippen LogP contribution >= 0.6 is 12.2 Å². The summed E-state index contributed by atoms with van der Waals surface area (Å²) in [6.45, 7) is 4.82.